The second-order valence-corrected chi connectivity index (χ2v) is 6.11. The molecule has 1 aromatic carbocycles. The molecule has 120 valence electrons. The van der Waals surface area contributed by atoms with Gasteiger partial charge in [0.05, 0.1) is 16.8 Å². The Bertz CT molecular complexity index is 612. The average molecular weight is 321 g/mol. The molecule has 1 heterocycles. The number of benzene rings is 1. The number of nitrogens with one attached hydrogen (secondary N) is 1. The summed E-state index contributed by atoms with van der Waals surface area (Å²) in [5.41, 5.74) is 6.33. The Morgan fingerprint density at radius 1 is 1.32 bits per heavy atom. The normalized spacial score (nSPS) is 10.8. The zero-order chi connectivity index (χ0) is 15.8. The number of carbonyl (C=O) groups is 1. The van der Waals surface area contributed by atoms with Crippen molar-refractivity contribution in [3.05, 3.63) is 18.2 Å². The molecule has 0 radical (unpaired) electrons. The molecule has 0 saturated carbocycles. The second-order valence-electron chi connectivity index (χ2n) is 5.08. The average Bonchev–Trinajstić information content (AvgIpc) is 2.88. The summed E-state index contributed by atoms with van der Waals surface area (Å²) in [6.45, 7) is 3.32. The van der Waals surface area contributed by atoms with E-state index in [0.717, 1.165) is 48.2 Å². The van der Waals surface area contributed by atoms with E-state index in [2.05, 4.69) is 10.3 Å². The highest BCUT2D eigenvalue weighted by Gasteiger charge is 2.08. The van der Waals surface area contributed by atoms with Gasteiger partial charge in [0.15, 0.2) is 5.13 Å². The number of amides is 1. The maximum Gasteiger partial charge on any atom is 0.226 e. The number of thiazole rings is 1. The second kappa shape index (κ2) is 8.70. The van der Waals surface area contributed by atoms with Crippen LogP contribution >= 0.6 is 11.3 Å². The molecule has 2 aromatic rings. The zero-order valence-electron chi connectivity index (χ0n) is 12.9. The molecule has 2 rings (SSSR count). The van der Waals surface area contributed by atoms with Crippen LogP contribution in [0.25, 0.3) is 10.2 Å². The van der Waals surface area contributed by atoms with Crippen LogP contribution in [-0.2, 0) is 4.79 Å². The van der Waals surface area contributed by atoms with Crippen LogP contribution < -0.4 is 15.8 Å². The lowest BCUT2D eigenvalue weighted by Gasteiger charge is -2.01. The van der Waals surface area contributed by atoms with E-state index in [1.54, 1.807) is 0 Å². The van der Waals surface area contributed by atoms with Gasteiger partial charge in [0.1, 0.15) is 5.75 Å². The van der Waals surface area contributed by atoms with Crippen LogP contribution in [0.1, 0.15) is 39.0 Å². The molecule has 0 fully saturated rings. The Balaban J connectivity index is 1.87. The third-order valence-corrected chi connectivity index (χ3v) is 4.21. The SMILES string of the molecule is CCOc1ccc2nc(NC(=O)CCCCCCN)sc2c1. The number of fused-ring (bicyclic) bond motifs is 1. The number of hydrogen-bond acceptors (Lipinski definition) is 5. The number of rotatable bonds is 9. The van der Waals surface area contributed by atoms with Crippen LogP contribution in [0.15, 0.2) is 18.2 Å². The zero-order valence-corrected chi connectivity index (χ0v) is 13.7. The van der Waals surface area contributed by atoms with Crippen LogP contribution in [0.3, 0.4) is 0 Å². The van der Waals surface area contributed by atoms with Crippen molar-refractivity contribution in [3.8, 4) is 5.75 Å². The molecule has 0 unspecified atom stereocenters. The monoisotopic (exact) mass is 321 g/mol. The molecular formula is C16H23N3O2S. The predicted octanol–water partition coefficient (Wildman–Crippen LogP) is 3.54. The molecule has 0 aliphatic rings. The number of hydrogen-bond donors (Lipinski definition) is 2. The van der Waals surface area contributed by atoms with E-state index < -0.39 is 0 Å². The van der Waals surface area contributed by atoms with Gasteiger partial charge in [-0.25, -0.2) is 4.98 Å². The van der Waals surface area contributed by atoms with Crippen molar-refractivity contribution in [2.45, 2.75) is 39.0 Å². The van der Waals surface area contributed by atoms with Crippen molar-refractivity contribution < 1.29 is 9.53 Å². The molecular weight excluding hydrogens is 298 g/mol. The minimum atomic E-state index is 0.0248. The maximum absolute atomic E-state index is 11.9. The van der Waals surface area contributed by atoms with Gasteiger partial charge in [0, 0.05) is 6.42 Å². The van der Waals surface area contributed by atoms with Crippen LogP contribution in [0, 0.1) is 0 Å². The lowest BCUT2D eigenvalue weighted by molar-refractivity contribution is -0.116. The number of unbranched alkanes of at least 4 members (excludes halogenated alkanes) is 3. The summed E-state index contributed by atoms with van der Waals surface area (Å²) in [6.07, 6.45) is 4.59. The third kappa shape index (κ3) is 4.96. The summed E-state index contributed by atoms with van der Waals surface area (Å²) >= 11 is 1.47. The fraction of sp³-hybridized carbons (Fsp3) is 0.500. The standard InChI is InChI=1S/C16H23N3O2S/c1-2-21-12-8-9-13-14(11-12)22-16(18-13)19-15(20)7-5-3-4-6-10-17/h8-9,11H,2-7,10,17H2,1H3,(H,18,19,20). The minimum Gasteiger partial charge on any atom is -0.494 e. The third-order valence-electron chi connectivity index (χ3n) is 3.28. The summed E-state index contributed by atoms with van der Waals surface area (Å²) in [7, 11) is 0. The van der Waals surface area contributed by atoms with Gasteiger partial charge in [-0.3, -0.25) is 4.79 Å². The van der Waals surface area contributed by atoms with Gasteiger partial charge in [-0.15, -0.1) is 0 Å². The lowest BCUT2D eigenvalue weighted by Crippen LogP contribution is -2.10. The lowest BCUT2D eigenvalue weighted by atomic mass is 10.1. The largest absolute Gasteiger partial charge is 0.494 e. The summed E-state index contributed by atoms with van der Waals surface area (Å²) < 4.78 is 6.49. The van der Waals surface area contributed by atoms with Crippen molar-refractivity contribution >= 4 is 32.6 Å². The molecule has 1 amide bonds. The van der Waals surface area contributed by atoms with Crippen LogP contribution in [0.5, 0.6) is 5.75 Å². The number of carbonyl (C=O) groups excluding carboxylic acids is 1. The number of ether oxygens (including phenoxy) is 1. The Morgan fingerprint density at radius 2 is 2.14 bits per heavy atom. The van der Waals surface area contributed by atoms with E-state index in [4.69, 9.17) is 10.5 Å². The first-order valence-corrected chi connectivity index (χ1v) is 8.58. The first-order valence-electron chi connectivity index (χ1n) is 7.76. The van der Waals surface area contributed by atoms with Crippen molar-refractivity contribution in [3.63, 3.8) is 0 Å². The molecule has 0 aliphatic heterocycles. The number of anilines is 1. The highest BCUT2D eigenvalue weighted by Crippen LogP contribution is 2.29. The Kier molecular flexibility index (Phi) is 6.61. The van der Waals surface area contributed by atoms with Gasteiger partial charge in [-0.1, -0.05) is 24.2 Å². The number of nitrogens with zero attached hydrogens (tertiary/aromatic N) is 1. The molecule has 0 aliphatic carbocycles. The van der Waals surface area contributed by atoms with Crippen LogP contribution in [0.4, 0.5) is 5.13 Å². The van der Waals surface area contributed by atoms with Gasteiger partial charge in [-0.2, -0.15) is 0 Å². The molecule has 0 spiro atoms. The number of aromatic nitrogens is 1. The van der Waals surface area contributed by atoms with Crippen molar-refractivity contribution in [1.29, 1.82) is 0 Å². The van der Waals surface area contributed by atoms with Crippen molar-refractivity contribution in [2.75, 3.05) is 18.5 Å². The fourth-order valence-electron chi connectivity index (χ4n) is 2.18. The van der Waals surface area contributed by atoms with Crippen LogP contribution in [-0.4, -0.2) is 24.0 Å². The van der Waals surface area contributed by atoms with Gasteiger partial charge in [0.2, 0.25) is 5.91 Å². The minimum absolute atomic E-state index is 0.0248. The summed E-state index contributed by atoms with van der Waals surface area (Å²) in [6, 6.07) is 5.77. The highest BCUT2D eigenvalue weighted by molar-refractivity contribution is 7.22. The Hall–Kier alpha value is -1.66. The molecule has 0 bridgehead atoms. The van der Waals surface area contributed by atoms with E-state index in [0.29, 0.717) is 18.2 Å². The summed E-state index contributed by atoms with van der Waals surface area (Å²) in [4.78, 5) is 16.3. The topological polar surface area (TPSA) is 77.2 Å². The van der Waals surface area contributed by atoms with Gasteiger partial charge >= 0.3 is 0 Å². The molecule has 0 atom stereocenters. The quantitative estimate of drug-likeness (QED) is 0.693. The Labute approximate surface area is 134 Å². The molecule has 1 aromatic heterocycles. The van der Waals surface area contributed by atoms with E-state index >= 15 is 0 Å². The fourth-order valence-corrected chi connectivity index (χ4v) is 3.09. The van der Waals surface area contributed by atoms with E-state index in [9.17, 15) is 4.79 Å². The molecule has 6 heteroatoms. The number of nitrogens with two attached hydrogens (primary N) is 1. The van der Waals surface area contributed by atoms with Crippen LogP contribution in [0.2, 0.25) is 0 Å². The molecule has 22 heavy (non-hydrogen) atoms. The first kappa shape index (κ1) is 16.7. The van der Waals surface area contributed by atoms with Gasteiger partial charge < -0.3 is 15.8 Å². The summed E-state index contributed by atoms with van der Waals surface area (Å²) in [5, 5.41) is 3.53. The van der Waals surface area contributed by atoms with E-state index in [1.165, 1.54) is 11.3 Å². The Morgan fingerprint density at radius 3 is 2.91 bits per heavy atom. The van der Waals surface area contributed by atoms with Gasteiger partial charge in [-0.05, 0) is 44.5 Å². The van der Waals surface area contributed by atoms with Crippen molar-refractivity contribution in [1.82, 2.24) is 4.98 Å². The maximum atomic E-state index is 11.9. The summed E-state index contributed by atoms with van der Waals surface area (Å²) in [5.74, 6) is 0.855. The smallest absolute Gasteiger partial charge is 0.226 e. The van der Waals surface area contributed by atoms with Crippen molar-refractivity contribution in [2.24, 2.45) is 5.73 Å². The first-order chi connectivity index (χ1) is 10.7. The van der Waals surface area contributed by atoms with E-state index in [1.807, 2.05) is 25.1 Å². The molecule has 0 saturated heterocycles. The highest BCUT2D eigenvalue weighted by atomic mass is 32.1. The molecule has 5 nitrogen and oxygen atoms in total. The predicted molar refractivity (Wildman–Crippen MR) is 91.6 cm³/mol. The van der Waals surface area contributed by atoms with E-state index in [-0.39, 0.29) is 5.91 Å². The molecule has 3 N–H and O–H groups in total. The van der Waals surface area contributed by atoms with Gasteiger partial charge in [0.25, 0.3) is 0 Å².